The fraction of sp³-hybridized carbons (Fsp3) is 0.714. The molecule has 110 valence electrons. The van der Waals surface area contributed by atoms with Crippen LogP contribution in [-0.2, 0) is 6.42 Å². The molecule has 2 fully saturated rings. The fourth-order valence-corrected chi connectivity index (χ4v) is 4.39. The molecular weight excluding hydrogens is 274 g/mol. The minimum Gasteiger partial charge on any atom is -0.477 e. The van der Waals surface area contributed by atoms with Gasteiger partial charge in [-0.05, 0) is 32.7 Å². The number of likely N-dealkylation sites (N-methyl/N-ethyl adjacent to an activating group) is 1. The highest BCUT2D eigenvalue weighted by molar-refractivity contribution is 7.17. The topological polar surface area (TPSA) is 56.7 Å². The van der Waals surface area contributed by atoms with Gasteiger partial charge >= 0.3 is 5.97 Å². The SMILES string of the molecule is CCc1nc(N2CCC3CCC(C2)N3C)sc1C(=O)O. The molecule has 1 N–H and O–H groups in total. The summed E-state index contributed by atoms with van der Waals surface area (Å²) >= 11 is 1.33. The monoisotopic (exact) mass is 295 g/mol. The Kier molecular flexibility index (Phi) is 3.69. The Morgan fingerprint density at radius 2 is 2.15 bits per heavy atom. The number of aryl methyl sites for hydroxylation is 1. The summed E-state index contributed by atoms with van der Waals surface area (Å²) in [5.74, 6) is -0.848. The lowest BCUT2D eigenvalue weighted by Gasteiger charge is -2.25. The van der Waals surface area contributed by atoms with Crippen LogP contribution in [-0.4, -0.2) is 53.2 Å². The van der Waals surface area contributed by atoms with Crippen LogP contribution in [0.1, 0.15) is 41.6 Å². The minimum atomic E-state index is -0.848. The van der Waals surface area contributed by atoms with Crippen LogP contribution in [0.4, 0.5) is 5.13 Å². The van der Waals surface area contributed by atoms with Gasteiger partial charge < -0.3 is 10.0 Å². The molecule has 1 aromatic heterocycles. The maximum absolute atomic E-state index is 11.3. The number of anilines is 1. The molecule has 2 aliphatic heterocycles. The van der Waals surface area contributed by atoms with E-state index < -0.39 is 5.97 Å². The smallest absolute Gasteiger partial charge is 0.347 e. The zero-order valence-corrected chi connectivity index (χ0v) is 12.8. The van der Waals surface area contributed by atoms with E-state index in [1.807, 2.05) is 6.92 Å². The number of carboxylic acids is 1. The first-order chi connectivity index (χ1) is 9.60. The summed E-state index contributed by atoms with van der Waals surface area (Å²) in [5.41, 5.74) is 0.722. The van der Waals surface area contributed by atoms with Gasteiger partial charge in [-0.15, -0.1) is 0 Å². The molecule has 2 saturated heterocycles. The third-order valence-electron chi connectivity index (χ3n) is 4.63. The van der Waals surface area contributed by atoms with Crippen molar-refractivity contribution in [3.05, 3.63) is 10.6 Å². The first-order valence-corrected chi connectivity index (χ1v) is 8.11. The van der Waals surface area contributed by atoms with Crippen LogP contribution in [0.5, 0.6) is 0 Å². The van der Waals surface area contributed by atoms with Crippen LogP contribution in [0.15, 0.2) is 0 Å². The Morgan fingerprint density at radius 3 is 2.80 bits per heavy atom. The summed E-state index contributed by atoms with van der Waals surface area (Å²) in [6.07, 6.45) is 4.37. The number of rotatable bonds is 3. The van der Waals surface area contributed by atoms with E-state index in [0.29, 0.717) is 23.4 Å². The summed E-state index contributed by atoms with van der Waals surface area (Å²) in [6.45, 7) is 3.92. The summed E-state index contributed by atoms with van der Waals surface area (Å²) in [4.78, 5) is 21.0. The number of thiazole rings is 1. The molecule has 3 heterocycles. The van der Waals surface area contributed by atoms with Crippen LogP contribution in [0.25, 0.3) is 0 Å². The van der Waals surface area contributed by atoms with Crippen molar-refractivity contribution in [1.29, 1.82) is 0 Å². The molecule has 5 nitrogen and oxygen atoms in total. The molecule has 2 aliphatic rings. The van der Waals surface area contributed by atoms with Gasteiger partial charge in [-0.3, -0.25) is 4.90 Å². The second-order valence-corrected chi connectivity index (χ2v) is 6.69. The van der Waals surface area contributed by atoms with Gasteiger partial charge in [-0.1, -0.05) is 18.3 Å². The minimum absolute atomic E-state index is 0.408. The van der Waals surface area contributed by atoms with Crippen LogP contribution < -0.4 is 4.90 Å². The average molecular weight is 295 g/mol. The maximum atomic E-state index is 11.3. The number of fused-ring (bicyclic) bond motifs is 2. The van der Waals surface area contributed by atoms with Gasteiger partial charge in [0.2, 0.25) is 0 Å². The van der Waals surface area contributed by atoms with Crippen molar-refractivity contribution < 1.29 is 9.90 Å². The number of aromatic nitrogens is 1. The van der Waals surface area contributed by atoms with Gasteiger partial charge in [0.15, 0.2) is 5.13 Å². The summed E-state index contributed by atoms with van der Waals surface area (Å²) in [5, 5.41) is 10.1. The molecule has 3 rings (SSSR count). The van der Waals surface area contributed by atoms with Crippen molar-refractivity contribution in [2.24, 2.45) is 0 Å². The fourth-order valence-electron chi connectivity index (χ4n) is 3.36. The van der Waals surface area contributed by atoms with Crippen molar-refractivity contribution in [2.45, 2.75) is 44.7 Å². The van der Waals surface area contributed by atoms with Crippen molar-refractivity contribution in [3.63, 3.8) is 0 Å². The van der Waals surface area contributed by atoms with Crippen molar-refractivity contribution >= 4 is 22.4 Å². The molecule has 0 amide bonds. The highest BCUT2D eigenvalue weighted by Gasteiger charge is 2.35. The number of nitrogens with zero attached hydrogens (tertiary/aromatic N) is 3. The van der Waals surface area contributed by atoms with E-state index in [9.17, 15) is 9.90 Å². The number of carboxylic acid groups (broad SMARTS) is 1. The van der Waals surface area contributed by atoms with Crippen molar-refractivity contribution in [2.75, 3.05) is 25.0 Å². The molecule has 0 radical (unpaired) electrons. The third kappa shape index (κ3) is 2.31. The van der Waals surface area contributed by atoms with E-state index in [0.717, 1.165) is 30.3 Å². The lowest BCUT2D eigenvalue weighted by molar-refractivity contribution is 0.0701. The van der Waals surface area contributed by atoms with E-state index in [1.54, 1.807) is 0 Å². The molecule has 0 saturated carbocycles. The van der Waals surface area contributed by atoms with E-state index in [4.69, 9.17) is 0 Å². The highest BCUT2D eigenvalue weighted by Crippen LogP contribution is 2.33. The molecule has 0 aromatic carbocycles. The Morgan fingerprint density at radius 1 is 1.40 bits per heavy atom. The predicted octanol–water partition coefficient (Wildman–Crippen LogP) is 2.08. The van der Waals surface area contributed by atoms with Crippen molar-refractivity contribution in [3.8, 4) is 0 Å². The molecule has 0 aliphatic carbocycles. The van der Waals surface area contributed by atoms with E-state index in [2.05, 4.69) is 21.8 Å². The lowest BCUT2D eigenvalue weighted by Crippen LogP contribution is -2.36. The third-order valence-corrected chi connectivity index (χ3v) is 5.78. The standard InChI is InChI=1S/C14H21N3O2S/c1-3-11-12(13(18)19)20-14(15-11)17-7-6-9-4-5-10(8-17)16(9)2/h9-10H,3-8H2,1-2H3,(H,18,19). The van der Waals surface area contributed by atoms with E-state index >= 15 is 0 Å². The van der Waals surface area contributed by atoms with Crippen molar-refractivity contribution in [1.82, 2.24) is 9.88 Å². The first kappa shape index (κ1) is 13.8. The van der Waals surface area contributed by atoms with E-state index in [1.165, 1.54) is 24.2 Å². The Bertz CT molecular complexity index is 517. The van der Waals surface area contributed by atoms with E-state index in [-0.39, 0.29) is 0 Å². The molecule has 0 spiro atoms. The first-order valence-electron chi connectivity index (χ1n) is 7.30. The zero-order chi connectivity index (χ0) is 14.3. The zero-order valence-electron chi connectivity index (χ0n) is 12.0. The Labute approximate surface area is 123 Å². The number of carbonyl (C=O) groups is 1. The number of aromatic carboxylic acids is 1. The molecule has 6 heteroatoms. The normalized spacial score (nSPS) is 26.8. The Hall–Kier alpha value is -1.14. The number of hydrogen-bond donors (Lipinski definition) is 1. The molecular formula is C14H21N3O2S. The van der Waals surface area contributed by atoms with Gasteiger partial charge in [0.1, 0.15) is 4.88 Å². The van der Waals surface area contributed by atoms with Crippen LogP contribution >= 0.6 is 11.3 Å². The molecule has 2 atom stereocenters. The Balaban J connectivity index is 1.84. The maximum Gasteiger partial charge on any atom is 0.347 e. The molecule has 1 aromatic rings. The highest BCUT2D eigenvalue weighted by atomic mass is 32.1. The predicted molar refractivity (Wildman–Crippen MR) is 79.9 cm³/mol. The van der Waals surface area contributed by atoms with Gasteiger partial charge in [0, 0.05) is 25.2 Å². The second-order valence-electron chi connectivity index (χ2n) is 5.72. The number of hydrogen-bond acceptors (Lipinski definition) is 5. The molecule has 2 bridgehead atoms. The van der Waals surface area contributed by atoms with Gasteiger partial charge in [0.05, 0.1) is 5.69 Å². The molecule has 20 heavy (non-hydrogen) atoms. The molecule has 2 unspecified atom stereocenters. The average Bonchev–Trinajstić information content (AvgIpc) is 2.92. The quantitative estimate of drug-likeness (QED) is 0.925. The van der Waals surface area contributed by atoms with Crippen LogP contribution in [0.2, 0.25) is 0 Å². The summed E-state index contributed by atoms with van der Waals surface area (Å²) in [6, 6.07) is 1.28. The van der Waals surface area contributed by atoms with Crippen LogP contribution in [0, 0.1) is 0 Å². The van der Waals surface area contributed by atoms with Gasteiger partial charge in [-0.2, -0.15) is 0 Å². The van der Waals surface area contributed by atoms with Crippen LogP contribution in [0.3, 0.4) is 0 Å². The largest absolute Gasteiger partial charge is 0.477 e. The van der Waals surface area contributed by atoms with Gasteiger partial charge in [0.25, 0.3) is 0 Å². The second kappa shape index (κ2) is 5.33. The summed E-state index contributed by atoms with van der Waals surface area (Å²) in [7, 11) is 2.22. The lowest BCUT2D eigenvalue weighted by atomic mass is 10.1. The summed E-state index contributed by atoms with van der Waals surface area (Å²) < 4.78 is 0. The van der Waals surface area contributed by atoms with Gasteiger partial charge in [-0.25, -0.2) is 9.78 Å².